The predicted molar refractivity (Wildman–Crippen MR) is 70.2 cm³/mol. The molecule has 0 bridgehead atoms. The molecule has 6 nitrogen and oxygen atoms in total. The number of carbonyl (C=O) groups is 1. The number of hydrogen-bond donors (Lipinski definition) is 2. The molecule has 1 saturated carbocycles. The molecule has 1 fully saturated rings. The number of nitrogens with one attached hydrogen (secondary N) is 1. The molecule has 1 aromatic rings. The van der Waals surface area contributed by atoms with Crippen LogP contribution in [0.2, 0.25) is 0 Å². The second-order valence-electron chi connectivity index (χ2n) is 4.95. The van der Waals surface area contributed by atoms with Gasteiger partial charge < -0.3 is 10.4 Å². The van der Waals surface area contributed by atoms with Crippen molar-refractivity contribution in [1.82, 2.24) is 0 Å². The lowest BCUT2D eigenvalue weighted by Crippen LogP contribution is -2.18. The topological polar surface area (TPSA) is 92.5 Å². The maximum atomic E-state index is 10.9. The molecule has 19 heavy (non-hydrogen) atoms. The van der Waals surface area contributed by atoms with Crippen LogP contribution in [-0.2, 0) is 4.79 Å². The summed E-state index contributed by atoms with van der Waals surface area (Å²) in [5.74, 6) is -1.07. The molecule has 0 aliphatic heterocycles. The van der Waals surface area contributed by atoms with Gasteiger partial charge in [0.1, 0.15) is 0 Å². The lowest BCUT2D eigenvalue weighted by molar-refractivity contribution is -0.384. The van der Waals surface area contributed by atoms with Gasteiger partial charge in [-0.1, -0.05) is 6.07 Å². The van der Waals surface area contributed by atoms with Gasteiger partial charge in [-0.2, -0.15) is 0 Å². The SMILES string of the molecule is Cc1ccc([N+](=O)[O-])cc1N[C@H]1CC[C@@H](C(=O)O)C1. The van der Waals surface area contributed by atoms with E-state index in [1.54, 1.807) is 6.07 Å². The molecule has 1 aromatic carbocycles. The summed E-state index contributed by atoms with van der Waals surface area (Å²) < 4.78 is 0. The largest absolute Gasteiger partial charge is 0.481 e. The van der Waals surface area contributed by atoms with E-state index >= 15 is 0 Å². The molecular formula is C13H16N2O4. The van der Waals surface area contributed by atoms with Gasteiger partial charge >= 0.3 is 5.97 Å². The van der Waals surface area contributed by atoms with Gasteiger partial charge in [-0.25, -0.2) is 0 Å². The maximum Gasteiger partial charge on any atom is 0.306 e. The van der Waals surface area contributed by atoms with Gasteiger partial charge in [-0.05, 0) is 31.7 Å². The number of carboxylic acid groups (broad SMARTS) is 1. The van der Waals surface area contributed by atoms with Crippen LogP contribution in [-0.4, -0.2) is 22.0 Å². The molecule has 102 valence electrons. The fraction of sp³-hybridized carbons (Fsp3) is 0.462. The minimum Gasteiger partial charge on any atom is -0.481 e. The quantitative estimate of drug-likeness (QED) is 0.644. The zero-order valence-corrected chi connectivity index (χ0v) is 10.6. The molecule has 0 heterocycles. The molecule has 0 amide bonds. The number of hydrogen-bond acceptors (Lipinski definition) is 4. The molecule has 0 spiro atoms. The summed E-state index contributed by atoms with van der Waals surface area (Å²) in [6.07, 6.45) is 2.00. The fourth-order valence-corrected chi connectivity index (χ4v) is 2.44. The van der Waals surface area contributed by atoms with Crippen molar-refractivity contribution in [2.75, 3.05) is 5.32 Å². The molecule has 1 aliphatic carbocycles. The summed E-state index contributed by atoms with van der Waals surface area (Å²) in [7, 11) is 0. The van der Waals surface area contributed by atoms with Crippen LogP contribution in [0.5, 0.6) is 0 Å². The number of benzene rings is 1. The van der Waals surface area contributed by atoms with Crippen molar-refractivity contribution in [3.8, 4) is 0 Å². The lowest BCUT2D eigenvalue weighted by Gasteiger charge is -2.15. The van der Waals surface area contributed by atoms with Gasteiger partial charge in [0.15, 0.2) is 0 Å². The minimum atomic E-state index is -0.764. The number of aryl methyl sites for hydroxylation is 1. The van der Waals surface area contributed by atoms with Crippen LogP contribution in [0.4, 0.5) is 11.4 Å². The second kappa shape index (κ2) is 5.26. The number of non-ortho nitro benzene ring substituents is 1. The van der Waals surface area contributed by atoms with E-state index in [9.17, 15) is 14.9 Å². The number of carboxylic acids is 1. The van der Waals surface area contributed by atoms with E-state index in [4.69, 9.17) is 5.11 Å². The monoisotopic (exact) mass is 264 g/mol. The Bertz CT molecular complexity index is 515. The Morgan fingerprint density at radius 2 is 2.21 bits per heavy atom. The first kappa shape index (κ1) is 13.3. The average Bonchev–Trinajstić information content (AvgIpc) is 2.80. The Kier molecular flexibility index (Phi) is 3.69. The van der Waals surface area contributed by atoms with Crippen LogP contribution < -0.4 is 5.32 Å². The van der Waals surface area contributed by atoms with Crippen LogP contribution in [0.25, 0.3) is 0 Å². The molecule has 2 atom stereocenters. The molecular weight excluding hydrogens is 248 g/mol. The van der Waals surface area contributed by atoms with E-state index < -0.39 is 10.9 Å². The maximum absolute atomic E-state index is 10.9. The molecule has 2 rings (SSSR count). The number of aliphatic carboxylic acids is 1. The van der Waals surface area contributed by atoms with Crippen molar-refractivity contribution in [3.05, 3.63) is 33.9 Å². The highest BCUT2D eigenvalue weighted by Crippen LogP contribution is 2.30. The first-order valence-corrected chi connectivity index (χ1v) is 6.21. The molecule has 1 aliphatic rings. The Morgan fingerprint density at radius 1 is 1.47 bits per heavy atom. The van der Waals surface area contributed by atoms with Crippen LogP contribution in [0.1, 0.15) is 24.8 Å². The van der Waals surface area contributed by atoms with Crippen molar-refractivity contribution in [2.45, 2.75) is 32.2 Å². The van der Waals surface area contributed by atoms with E-state index in [1.807, 2.05) is 6.92 Å². The first-order valence-electron chi connectivity index (χ1n) is 6.21. The van der Waals surface area contributed by atoms with Crippen LogP contribution in [0, 0.1) is 23.0 Å². The Balaban J connectivity index is 2.09. The van der Waals surface area contributed by atoms with E-state index in [-0.39, 0.29) is 17.6 Å². The van der Waals surface area contributed by atoms with Crippen LogP contribution >= 0.6 is 0 Å². The number of rotatable bonds is 4. The zero-order valence-electron chi connectivity index (χ0n) is 10.6. The van der Waals surface area contributed by atoms with E-state index in [0.717, 1.165) is 12.0 Å². The minimum absolute atomic E-state index is 0.0425. The van der Waals surface area contributed by atoms with Gasteiger partial charge in [0.2, 0.25) is 0 Å². The number of nitro groups is 1. The molecule has 0 unspecified atom stereocenters. The number of nitrogens with zero attached hydrogens (tertiary/aromatic N) is 1. The predicted octanol–water partition coefficient (Wildman–Crippen LogP) is 2.57. The normalized spacial score (nSPS) is 22.2. The van der Waals surface area contributed by atoms with Crippen molar-refractivity contribution >= 4 is 17.3 Å². The highest BCUT2D eigenvalue weighted by Gasteiger charge is 2.29. The van der Waals surface area contributed by atoms with Crippen LogP contribution in [0.3, 0.4) is 0 Å². The van der Waals surface area contributed by atoms with Crippen molar-refractivity contribution < 1.29 is 14.8 Å². The van der Waals surface area contributed by atoms with Gasteiger partial charge in [-0.15, -0.1) is 0 Å². The summed E-state index contributed by atoms with van der Waals surface area (Å²) in [5.41, 5.74) is 1.68. The Hall–Kier alpha value is -2.11. The number of anilines is 1. The fourth-order valence-electron chi connectivity index (χ4n) is 2.44. The van der Waals surface area contributed by atoms with Gasteiger partial charge in [-0.3, -0.25) is 14.9 Å². The Labute approximate surface area is 110 Å². The number of nitro benzene ring substituents is 1. The van der Waals surface area contributed by atoms with Gasteiger partial charge in [0.25, 0.3) is 5.69 Å². The first-order chi connectivity index (χ1) is 8.97. The smallest absolute Gasteiger partial charge is 0.306 e. The highest BCUT2D eigenvalue weighted by molar-refractivity contribution is 5.70. The average molecular weight is 264 g/mol. The van der Waals surface area contributed by atoms with Gasteiger partial charge in [0, 0.05) is 23.9 Å². The summed E-state index contributed by atoms with van der Waals surface area (Å²) in [6.45, 7) is 1.87. The summed E-state index contributed by atoms with van der Waals surface area (Å²) >= 11 is 0. The molecule has 0 radical (unpaired) electrons. The van der Waals surface area contributed by atoms with E-state index in [0.29, 0.717) is 18.5 Å². The third-order valence-corrected chi connectivity index (χ3v) is 3.57. The standard InChI is InChI=1S/C13H16N2O4/c1-8-2-5-11(15(18)19)7-12(8)14-10-4-3-9(6-10)13(16)17/h2,5,7,9-10,14H,3-4,6H2,1H3,(H,16,17)/t9-,10+/m1/s1. The van der Waals surface area contributed by atoms with Crippen LogP contribution in [0.15, 0.2) is 18.2 Å². The van der Waals surface area contributed by atoms with Gasteiger partial charge in [0.05, 0.1) is 10.8 Å². The second-order valence-corrected chi connectivity index (χ2v) is 4.95. The lowest BCUT2D eigenvalue weighted by atomic mass is 10.1. The van der Waals surface area contributed by atoms with Crippen molar-refractivity contribution in [1.29, 1.82) is 0 Å². The third-order valence-electron chi connectivity index (χ3n) is 3.57. The molecule has 6 heteroatoms. The molecule has 0 saturated heterocycles. The third kappa shape index (κ3) is 3.01. The summed E-state index contributed by atoms with van der Waals surface area (Å²) in [5, 5.41) is 22.9. The van der Waals surface area contributed by atoms with E-state index in [2.05, 4.69) is 5.32 Å². The zero-order chi connectivity index (χ0) is 14.0. The Morgan fingerprint density at radius 3 is 2.79 bits per heavy atom. The van der Waals surface area contributed by atoms with Crippen molar-refractivity contribution in [2.24, 2.45) is 5.92 Å². The van der Waals surface area contributed by atoms with E-state index in [1.165, 1.54) is 12.1 Å². The molecule has 0 aromatic heterocycles. The molecule has 2 N–H and O–H groups in total. The summed E-state index contributed by atoms with van der Waals surface area (Å²) in [6, 6.07) is 4.74. The van der Waals surface area contributed by atoms with Crippen molar-refractivity contribution in [3.63, 3.8) is 0 Å². The summed E-state index contributed by atoms with van der Waals surface area (Å²) in [4.78, 5) is 21.2. The highest BCUT2D eigenvalue weighted by atomic mass is 16.6.